The van der Waals surface area contributed by atoms with E-state index in [1.165, 1.54) is 24.3 Å². The minimum absolute atomic E-state index is 0.0265. The first-order valence-electron chi connectivity index (χ1n) is 13.6. The highest BCUT2D eigenvalue weighted by molar-refractivity contribution is 5.93. The van der Waals surface area contributed by atoms with Crippen LogP contribution in [0.25, 0.3) is 0 Å². The predicted octanol–water partition coefficient (Wildman–Crippen LogP) is 4.14. The van der Waals surface area contributed by atoms with Crippen molar-refractivity contribution in [1.29, 1.82) is 0 Å². The van der Waals surface area contributed by atoms with Crippen molar-refractivity contribution < 1.29 is 18.4 Å². The van der Waals surface area contributed by atoms with Crippen molar-refractivity contribution in [1.82, 2.24) is 15.1 Å². The molecule has 40 heavy (non-hydrogen) atoms. The Morgan fingerprint density at radius 2 is 1.60 bits per heavy atom. The summed E-state index contributed by atoms with van der Waals surface area (Å²) in [7, 11) is 1.62. The Labute approximate surface area is 234 Å². The normalized spacial score (nSPS) is 16.2. The number of piperazine rings is 1. The lowest BCUT2D eigenvalue weighted by molar-refractivity contribution is -0.129. The van der Waals surface area contributed by atoms with Gasteiger partial charge in [0.25, 0.3) is 0 Å². The van der Waals surface area contributed by atoms with Crippen LogP contribution in [0.5, 0.6) is 0 Å². The molecule has 0 spiro atoms. The molecule has 9 heteroatoms. The summed E-state index contributed by atoms with van der Waals surface area (Å²) < 4.78 is 27.2. The first-order valence-corrected chi connectivity index (χ1v) is 13.6. The first-order chi connectivity index (χ1) is 19.2. The molecule has 0 aliphatic carbocycles. The Morgan fingerprint density at radius 1 is 0.975 bits per heavy atom. The van der Waals surface area contributed by atoms with Gasteiger partial charge in [0, 0.05) is 44.0 Å². The van der Waals surface area contributed by atoms with Gasteiger partial charge in [-0.1, -0.05) is 24.3 Å². The summed E-state index contributed by atoms with van der Waals surface area (Å²) in [5.41, 5.74) is 9.98. The number of hydrogen-bond donors (Lipinski definition) is 3. The van der Waals surface area contributed by atoms with Crippen LogP contribution in [0.3, 0.4) is 0 Å². The second-order valence-electron chi connectivity index (χ2n) is 10.3. The van der Waals surface area contributed by atoms with Gasteiger partial charge in [-0.05, 0) is 85.5 Å². The van der Waals surface area contributed by atoms with Crippen molar-refractivity contribution in [2.24, 2.45) is 0 Å². The Kier molecular flexibility index (Phi) is 9.84. The lowest BCUT2D eigenvalue weighted by atomic mass is 9.87. The predicted molar refractivity (Wildman–Crippen MR) is 154 cm³/mol. The third kappa shape index (κ3) is 7.64. The fourth-order valence-corrected chi connectivity index (χ4v) is 5.34. The van der Waals surface area contributed by atoms with E-state index in [0.717, 1.165) is 35.2 Å². The number of likely N-dealkylation sites (N-methyl/N-ethyl adjacent to an activating group) is 1. The van der Waals surface area contributed by atoms with E-state index in [1.807, 2.05) is 17.9 Å². The van der Waals surface area contributed by atoms with Gasteiger partial charge in [-0.25, -0.2) is 8.78 Å². The Balaban J connectivity index is 1.37. The average molecular weight is 550 g/mol. The van der Waals surface area contributed by atoms with Crippen molar-refractivity contribution in [2.75, 3.05) is 50.8 Å². The topological polar surface area (TPSA) is 90.7 Å². The van der Waals surface area contributed by atoms with Crippen LogP contribution in [0.2, 0.25) is 0 Å². The maximum atomic E-state index is 13.6. The second kappa shape index (κ2) is 13.5. The average Bonchev–Trinajstić information content (AvgIpc) is 2.94. The van der Waals surface area contributed by atoms with Crippen molar-refractivity contribution in [3.8, 4) is 0 Å². The third-order valence-electron chi connectivity index (χ3n) is 7.50. The number of amides is 2. The van der Waals surface area contributed by atoms with Gasteiger partial charge in [-0.3, -0.25) is 19.4 Å². The molecule has 212 valence electrons. The van der Waals surface area contributed by atoms with E-state index in [-0.39, 0.29) is 42.0 Å². The maximum absolute atomic E-state index is 13.6. The number of nitrogen functional groups attached to an aromatic ring is 1. The minimum Gasteiger partial charge on any atom is -0.399 e. The Morgan fingerprint density at radius 3 is 2.17 bits per heavy atom. The minimum atomic E-state index is -0.389. The molecule has 1 aliphatic heterocycles. The SMILES string of the molecule is CNC(=O)C1CN(CC(=O)Nc2ccc(N)cc2C)CCN1CCCC(c1ccc(F)cc1)c1ccc(F)cc1. The van der Waals surface area contributed by atoms with Gasteiger partial charge < -0.3 is 16.4 Å². The number of benzene rings is 3. The van der Waals surface area contributed by atoms with E-state index >= 15 is 0 Å². The monoisotopic (exact) mass is 549 g/mol. The van der Waals surface area contributed by atoms with Crippen LogP contribution >= 0.6 is 0 Å². The van der Waals surface area contributed by atoms with E-state index in [0.29, 0.717) is 31.9 Å². The lowest BCUT2D eigenvalue weighted by Gasteiger charge is -2.40. The Hall–Kier alpha value is -3.82. The van der Waals surface area contributed by atoms with Gasteiger partial charge >= 0.3 is 0 Å². The molecule has 4 N–H and O–H groups in total. The molecule has 0 saturated carbocycles. The van der Waals surface area contributed by atoms with Gasteiger partial charge in [-0.2, -0.15) is 0 Å². The number of rotatable bonds is 10. The molecule has 1 aliphatic rings. The van der Waals surface area contributed by atoms with Crippen molar-refractivity contribution >= 4 is 23.2 Å². The molecule has 1 saturated heterocycles. The number of nitrogens with one attached hydrogen (secondary N) is 2. The quantitative estimate of drug-likeness (QED) is 0.331. The van der Waals surface area contributed by atoms with Gasteiger partial charge in [0.05, 0.1) is 6.54 Å². The van der Waals surface area contributed by atoms with E-state index in [4.69, 9.17) is 5.73 Å². The first kappa shape index (κ1) is 29.2. The summed E-state index contributed by atoms with van der Waals surface area (Å²) in [4.78, 5) is 29.7. The largest absolute Gasteiger partial charge is 0.399 e. The van der Waals surface area contributed by atoms with E-state index in [2.05, 4.69) is 15.5 Å². The van der Waals surface area contributed by atoms with Crippen molar-refractivity contribution in [2.45, 2.75) is 31.7 Å². The van der Waals surface area contributed by atoms with Gasteiger partial charge in [-0.15, -0.1) is 0 Å². The standard InChI is InChI=1S/C31H37F2N5O2/c1-21-18-26(34)13-14-28(21)36-30(39)20-37-16-17-38(29(19-37)31(40)35-2)15-3-4-27(22-5-9-24(32)10-6-22)23-7-11-25(33)12-8-23/h5-14,18,27,29H,3-4,15-17,19-20,34H2,1-2H3,(H,35,40)(H,36,39). The summed E-state index contributed by atoms with van der Waals surface area (Å²) in [5.74, 6) is -0.858. The third-order valence-corrected chi connectivity index (χ3v) is 7.50. The molecule has 2 amide bonds. The van der Waals surface area contributed by atoms with Crippen LogP contribution in [0, 0.1) is 18.6 Å². The molecule has 1 fully saturated rings. The van der Waals surface area contributed by atoms with Crippen molar-refractivity contribution in [3.05, 3.63) is 95.1 Å². The Bertz CT molecular complexity index is 1250. The molecule has 3 aromatic rings. The van der Waals surface area contributed by atoms with Crippen LogP contribution in [0.15, 0.2) is 66.7 Å². The van der Waals surface area contributed by atoms with Crippen LogP contribution in [0.1, 0.15) is 35.4 Å². The van der Waals surface area contributed by atoms with Crippen LogP contribution in [-0.2, 0) is 9.59 Å². The number of carbonyl (C=O) groups is 2. The van der Waals surface area contributed by atoms with Crippen LogP contribution < -0.4 is 16.4 Å². The second-order valence-corrected chi connectivity index (χ2v) is 10.3. The maximum Gasteiger partial charge on any atom is 0.238 e. The number of nitrogens with zero attached hydrogens (tertiary/aromatic N) is 2. The summed E-state index contributed by atoms with van der Waals surface area (Å²) in [5, 5.41) is 5.70. The lowest BCUT2D eigenvalue weighted by Crippen LogP contribution is -2.59. The van der Waals surface area contributed by atoms with E-state index < -0.39 is 0 Å². The van der Waals surface area contributed by atoms with E-state index in [1.54, 1.807) is 43.4 Å². The molecule has 7 nitrogen and oxygen atoms in total. The number of aryl methyl sites for hydroxylation is 1. The number of halogens is 2. The number of anilines is 2. The summed E-state index contributed by atoms with van der Waals surface area (Å²) in [6.45, 7) is 4.49. The molecule has 0 bridgehead atoms. The molecule has 1 unspecified atom stereocenters. The molecule has 3 aromatic carbocycles. The molecule has 1 heterocycles. The molecule has 0 radical (unpaired) electrons. The summed E-state index contributed by atoms with van der Waals surface area (Å²) >= 11 is 0. The highest BCUT2D eigenvalue weighted by Gasteiger charge is 2.32. The van der Waals surface area contributed by atoms with Crippen molar-refractivity contribution in [3.63, 3.8) is 0 Å². The molecular formula is C31H37F2N5O2. The van der Waals surface area contributed by atoms with Crippen LogP contribution in [-0.4, -0.2) is 67.4 Å². The molecule has 1 atom stereocenters. The van der Waals surface area contributed by atoms with E-state index in [9.17, 15) is 18.4 Å². The molecule has 4 rings (SSSR count). The smallest absolute Gasteiger partial charge is 0.238 e. The zero-order valence-electron chi connectivity index (χ0n) is 23.0. The number of carbonyl (C=O) groups excluding carboxylic acids is 2. The van der Waals surface area contributed by atoms with Gasteiger partial charge in [0.2, 0.25) is 11.8 Å². The molecular weight excluding hydrogens is 512 g/mol. The fraction of sp³-hybridized carbons (Fsp3) is 0.355. The van der Waals surface area contributed by atoms with Crippen LogP contribution in [0.4, 0.5) is 20.2 Å². The molecule has 0 aromatic heterocycles. The number of nitrogens with two attached hydrogens (primary N) is 1. The zero-order valence-corrected chi connectivity index (χ0v) is 23.0. The highest BCUT2D eigenvalue weighted by Crippen LogP contribution is 2.30. The van der Waals surface area contributed by atoms with Gasteiger partial charge in [0.1, 0.15) is 17.7 Å². The number of hydrogen-bond acceptors (Lipinski definition) is 5. The zero-order chi connectivity index (χ0) is 28.6. The summed E-state index contributed by atoms with van der Waals surface area (Å²) in [6, 6.07) is 17.8. The summed E-state index contributed by atoms with van der Waals surface area (Å²) in [6.07, 6.45) is 1.53. The fourth-order valence-electron chi connectivity index (χ4n) is 5.34. The van der Waals surface area contributed by atoms with Gasteiger partial charge in [0.15, 0.2) is 0 Å². The highest BCUT2D eigenvalue weighted by atomic mass is 19.1.